The lowest BCUT2D eigenvalue weighted by molar-refractivity contribution is 0.171. The van der Waals surface area contributed by atoms with Gasteiger partial charge in [0.05, 0.1) is 22.3 Å². The summed E-state index contributed by atoms with van der Waals surface area (Å²) in [5, 5.41) is 0.313. The van der Waals surface area contributed by atoms with Crippen molar-refractivity contribution in [1.82, 2.24) is 0 Å². The predicted molar refractivity (Wildman–Crippen MR) is 95.4 cm³/mol. The maximum Gasteiger partial charge on any atom is 0.183 e. The molecule has 3 atom stereocenters. The second-order valence-corrected chi connectivity index (χ2v) is 8.94. The summed E-state index contributed by atoms with van der Waals surface area (Å²) in [7, 11) is -2.10. The zero-order valence-corrected chi connectivity index (χ0v) is 15.3. The minimum atomic E-state index is -3.62. The molecule has 0 radical (unpaired) electrons. The molecule has 0 bridgehead atoms. The van der Waals surface area contributed by atoms with Crippen LogP contribution in [-0.4, -0.2) is 32.9 Å². The SMILES string of the molecule is COC[C@]1(N)[C@H](c2ccc(Cl)cc2)[C@@H]1S(=O)(=O)c1ccc(Cl)cc1. The standard InChI is InChI=1S/C17H17Cl2NO3S/c1-23-10-17(20)15(11-2-4-12(18)5-3-11)16(17)24(21,22)14-8-6-13(19)7-9-14/h2-9,15-16H,10,20H2,1H3/t15-,16+,17+/m1/s1. The lowest BCUT2D eigenvalue weighted by Gasteiger charge is -2.11. The van der Waals surface area contributed by atoms with E-state index in [1.54, 1.807) is 24.3 Å². The summed E-state index contributed by atoms with van der Waals surface area (Å²) in [6, 6.07) is 13.2. The normalized spacial score (nSPS) is 26.3. The van der Waals surface area contributed by atoms with Crippen LogP contribution in [0.5, 0.6) is 0 Å². The van der Waals surface area contributed by atoms with Crippen LogP contribution in [0.25, 0.3) is 0 Å². The topological polar surface area (TPSA) is 69.4 Å². The van der Waals surface area contributed by atoms with E-state index in [2.05, 4.69) is 0 Å². The third-order valence-corrected chi connectivity index (χ3v) is 7.22. The second kappa shape index (κ2) is 6.32. The number of hydrogen-bond donors (Lipinski definition) is 1. The van der Waals surface area contributed by atoms with Crippen molar-refractivity contribution in [2.75, 3.05) is 13.7 Å². The van der Waals surface area contributed by atoms with Crippen LogP contribution in [0.2, 0.25) is 10.0 Å². The number of nitrogens with two attached hydrogens (primary N) is 1. The molecule has 0 unspecified atom stereocenters. The minimum Gasteiger partial charge on any atom is -0.383 e. The highest BCUT2D eigenvalue weighted by Gasteiger charge is 2.69. The van der Waals surface area contributed by atoms with Gasteiger partial charge in [0.1, 0.15) is 0 Å². The highest BCUT2D eigenvalue weighted by atomic mass is 35.5. The van der Waals surface area contributed by atoms with Crippen molar-refractivity contribution in [2.45, 2.75) is 21.6 Å². The summed E-state index contributed by atoms with van der Waals surface area (Å²) >= 11 is 11.8. The molecule has 0 saturated heterocycles. The summed E-state index contributed by atoms with van der Waals surface area (Å²) in [6.45, 7) is 0.151. The van der Waals surface area contributed by atoms with Gasteiger partial charge in [-0.15, -0.1) is 0 Å². The Labute approximate surface area is 151 Å². The molecule has 1 aliphatic rings. The molecule has 24 heavy (non-hydrogen) atoms. The maximum atomic E-state index is 13.0. The second-order valence-electron chi connectivity index (χ2n) is 5.99. The van der Waals surface area contributed by atoms with E-state index >= 15 is 0 Å². The number of rotatable bonds is 5. The fourth-order valence-electron chi connectivity index (χ4n) is 3.24. The van der Waals surface area contributed by atoms with Crippen LogP contribution in [0.4, 0.5) is 0 Å². The molecule has 2 aromatic carbocycles. The highest BCUT2D eigenvalue weighted by molar-refractivity contribution is 7.92. The molecule has 0 heterocycles. The van der Waals surface area contributed by atoms with Gasteiger partial charge >= 0.3 is 0 Å². The molecule has 2 aromatic rings. The third-order valence-electron chi connectivity index (χ3n) is 4.40. The van der Waals surface area contributed by atoms with Gasteiger partial charge in [0.25, 0.3) is 0 Å². The Morgan fingerprint density at radius 2 is 1.54 bits per heavy atom. The van der Waals surface area contributed by atoms with Crippen LogP contribution in [0.15, 0.2) is 53.4 Å². The molecule has 4 nitrogen and oxygen atoms in total. The first-order valence-electron chi connectivity index (χ1n) is 7.33. The van der Waals surface area contributed by atoms with E-state index in [1.807, 2.05) is 12.1 Å². The number of benzene rings is 2. The van der Waals surface area contributed by atoms with Gasteiger partial charge in [-0.05, 0) is 42.0 Å². The Bertz CT molecular complexity index is 837. The van der Waals surface area contributed by atoms with Gasteiger partial charge in [0.2, 0.25) is 0 Å². The van der Waals surface area contributed by atoms with Crippen molar-refractivity contribution >= 4 is 33.0 Å². The van der Waals surface area contributed by atoms with Crippen LogP contribution in [0.1, 0.15) is 11.5 Å². The molecule has 7 heteroatoms. The van der Waals surface area contributed by atoms with Crippen molar-refractivity contribution in [3.8, 4) is 0 Å². The van der Waals surface area contributed by atoms with Gasteiger partial charge in [0, 0.05) is 23.1 Å². The van der Waals surface area contributed by atoms with Crippen molar-refractivity contribution in [3.05, 3.63) is 64.1 Å². The first-order valence-corrected chi connectivity index (χ1v) is 9.63. The third kappa shape index (κ3) is 2.95. The van der Waals surface area contributed by atoms with Crippen LogP contribution < -0.4 is 5.73 Å². The number of ether oxygens (including phenoxy) is 1. The van der Waals surface area contributed by atoms with E-state index in [1.165, 1.54) is 19.2 Å². The lowest BCUT2D eigenvalue weighted by atomic mass is 10.1. The average molecular weight is 386 g/mol. The molecule has 0 aliphatic heterocycles. The molecule has 2 N–H and O–H groups in total. The quantitative estimate of drug-likeness (QED) is 0.856. The van der Waals surface area contributed by atoms with Crippen molar-refractivity contribution in [3.63, 3.8) is 0 Å². The fraction of sp³-hybridized carbons (Fsp3) is 0.294. The van der Waals surface area contributed by atoms with Gasteiger partial charge < -0.3 is 10.5 Å². The number of hydrogen-bond acceptors (Lipinski definition) is 4. The first kappa shape index (κ1) is 17.7. The monoisotopic (exact) mass is 385 g/mol. The Morgan fingerprint density at radius 3 is 2.04 bits per heavy atom. The number of sulfone groups is 1. The zero-order chi connectivity index (χ0) is 17.5. The first-order chi connectivity index (χ1) is 11.3. The number of methoxy groups -OCH3 is 1. The molecular weight excluding hydrogens is 369 g/mol. The maximum absolute atomic E-state index is 13.0. The Kier molecular flexibility index (Phi) is 4.66. The number of halogens is 2. The van der Waals surface area contributed by atoms with Gasteiger partial charge in [-0.2, -0.15) is 0 Å². The molecule has 3 rings (SSSR count). The summed E-state index contributed by atoms with van der Waals surface area (Å²) < 4.78 is 31.3. The fourth-order valence-corrected chi connectivity index (χ4v) is 5.78. The van der Waals surface area contributed by atoms with E-state index < -0.39 is 20.6 Å². The van der Waals surface area contributed by atoms with Crippen molar-refractivity contribution < 1.29 is 13.2 Å². The van der Waals surface area contributed by atoms with E-state index in [0.717, 1.165) is 5.56 Å². The van der Waals surface area contributed by atoms with Gasteiger partial charge in [-0.3, -0.25) is 0 Å². The zero-order valence-electron chi connectivity index (χ0n) is 12.9. The predicted octanol–water partition coefficient (Wildman–Crippen LogP) is 3.28. The van der Waals surface area contributed by atoms with Crippen molar-refractivity contribution in [1.29, 1.82) is 0 Å². The van der Waals surface area contributed by atoms with E-state index in [0.29, 0.717) is 10.0 Å². The average Bonchev–Trinajstić information content (AvgIpc) is 3.15. The largest absolute Gasteiger partial charge is 0.383 e. The van der Waals surface area contributed by atoms with E-state index in [4.69, 9.17) is 33.7 Å². The van der Waals surface area contributed by atoms with Crippen LogP contribution >= 0.6 is 23.2 Å². The lowest BCUT2D eigenvalue weighted by Crippen LogP contribution is -2.35. The smallest absolute Gasteiger partial charge is 0.183 e. The Balaban J connectivity index is 2.01. The summed E-state index contributed by atoms with van der Waals surface area (Å²) in [5.74, 6) is -0.351. The van der Waals surface area contributed by atoms with Crippen LogP contribution in [0, 0.1) is 0 Å². The Hall–Kier alpha value is -1.11. The Morgan fingerprint density at radius 1 is 1.04 bits per heavy atom. The van der Waals surface area contributed by atoms with Crippen molar-refractivity contribution in [2.24, 2.45) is 5.73 Å². The molecule has 0 aromatic heterocycles. The molecule has 1 aliphatic carbocycles. The molecule has 128 valence electrons. The van der Waals surface area contributed by atoms with E-state index in [9.17, 15) is 8.42 Å². The molecule has 1 fully saturated rings. The van der Waals surface area contributed by atoms with Gasteiger partial charge in [0.15, 0.2) is 9.84 Å². The minimum absolute atomic E-state index is 0.151. The molecular formula is C17H17Cl2NO3S. The van der Waals surface area contributed by atoms with Crippen LogP contribution in [0.3, 0.4) is 0 Å². The summed E-state index contributed by atoms with van der Waals surface area (Å²) in [4.78, 5) is 0.208. The molecule has 1 saturated carbocycles. The summed E-state index contributed by atoms with van der Waals surface area (Å²) in [6.07, 6.45) is 0. The van der Waals surface area contributed by atoms with Crippen LogP contribution in [-0.2, 0) is 14.6 Å². The van der Waals surface area contributed by atoms with Gasteiger partial charge in [-0.1, -0.05) is 35.3 Å². The van der Waals surface area contributed by atoms with Gasteiger partial charge in [-0.25, -0.2) is 8.42 Å². The highest BCUT2D eigenvalue weighted by Crippen LogP contribution is 2.55. The molecule has 0 spiro atoms. The summed E-state index contributed by atoms with van der Waals surface area (Å²) in [5.41, 5.74) is 6.27. The van der Waals surface area contributed by atoms with E-state index in [-0.39, 0.29) is 17.4 Å². The molecule has 0 amide bonds.